The predicted octanol–water partition coefficient (Wildman–Crippen LogP) is 2.18. The lowest BCUT2D eigenvalue weighted by Crippen LogP contribution is -2.28. The van der Waals surface area contributed by atoms with Crippen LogP contribution in [0.25, 0.3) is 0 Å². The highest BCUT2D eigenvalue weighted by molar-refractivity contribution is 8.02. The standard InChI is InChI=1S/C18H27N3O8P3S/c1-20(13-31(22,23)24)18(32(25,26)27)15-6-10-17(11-7-15)29-30(33)21(2)19-12-14-4-8-16(28-3)9-5-14/h4-12,18,22-27H,13H2,1-3H3/q+3/b19-12+. The van der Waals surface area contributed by atoms with Crippen LogP contribution in [0.15, 0.2) is 53.6 Å². The molecule has 0 heterocycles. The normalized spacial score (nSPS) is 13.8. The van der Waals surface area contributed by atoms with Crippen LogP contribution in [-0.2, 0) is 11.8 Å². The lowest BCUT2D eigenvalue weighted by atomic mass is 10.2. The first-order valence-corrected chi connectivity index (χ1v) is 15.1. The van der Waals surface area contributed by atoms with Gasteiger partial charge in [-0.15, -0.1) is 5.10 Å². The largest absolute Gasteiger partial charge is 0.540 e. The molecule has 2 atom stereocenters. The second-order valence-corrected chi connectivity index (χ2v) is 12.5. The third kappa shape index (κ3) is 9.05. The molecule has 0 aliphatic carbocycles. The molecule has 33 heavy (non-hydrogen) atoms. The van der Waals surface area contributed by atoms with E-state index in [-0.39, 0.29) is 5.56 Å². The van der Waals surface area contributed by atoms with Crippen LogP contribution in [0, 0.1) is 0 Å². The summed E-state index contributed by atoms with van der Waals surface area (Å²) in [7, 11) is -5.70. The summed E-state index contributed by atoms with van der Waals surface area (Å²) in [5.74, 6) is -0.253. The van der Waals surface area contributed by atoms with Gasteiger partial charge in [0.2, 0.25) is 17.6 Å². The fourth-order valence-electron chi connectivity index (χ4n) is 2.83. The van der Waals surface area contributed by atoms with Gasteiger partial charge in [0.1, 0.15) is 5.75 Å². The average Bonchev–Trinajstić information content (AvgIpc) is 2.71. The maximum atomic E-state index is 9.84. The molecule has 2 aromatic carbocycles. The van der Waals surface area contributed by atoms with Crippen LogP contribution in [0.4, 0.5) is 0 Å². The number of rotatable bonds is 11. The minimum absolute atomic E-state index is 0.263. The molecule has 0 bridgehead atoms. The van der Waals surface area contributed by atoms with Crippen LogP contribution in [0.1, 0.15) is 16.9 Å². The van der Waals surface area contributed by atoms with Gasteiger partial charge in [-0.2, -0.15) is 29.4 Å². The van der Waals surface area contributed by atoms with Gasteiger partial charge >= 0.3 is 23.0 Å². The monoisotopic (exact) mass is 538 g/mol. The molecule has 15 heteroatoms. The van der Waals surface area contributed by atoms with Gasteiger partial charge in [-0.3, -0.25) is 4.52 Å². The number of methoxy groups -OCH3 is 1. The van der Waals surface area contributed by atoms with E-state index >= 15 is 0 Å². The molecule has 2 aromatic rings. The number of hydrogen-bond acceptors (Lipinski definition) is 11. The molecule has 0 aromatic heterocycles. The molecule has 180 valence electrons. The second kappa shape index (κ2) is 11.8. The Morgan fingerprint density at radius 1 is 0.970 bits per heavy atom. The van der Waals surface area contributed by atoms with Crippen LogP contribution in [0.3, 0.4) is 0 Å². The second-order valence-electron chi connectivity index (χ2n) is 6.98. The van der Waals surface area contributed by atoms with Crippen molar-refractivity contribution in [2.45, 2.75) is 5.78 Å². The van der Waals surface area contributed by atoms with Crippen molar-refractivity contribution in [2.24, 2.45) is 5.10 Å². The van der Waals surface area contributed by atoms with Gasteiger partial charge in [0.15, 0.2) is 12.0 Å². The summed E-state index contributed by atoms with van der Waals surface area (Å²) in [6.45, 7) is 0. The van der Waals surface area contributed by atoms with Crippen LogP contribution < -0.4 is 9.26 Å². The van der Waals surface area contributed by atoms with Gasteiger partial charge in [-0.1, -0.05) is 4.78 Å². The average molecular weight is 538 g/mol. The Morgan fingerprint density at radius 2 is 1.52 bits per heavy atom. The van der Waals surface area contributed by atoms with Crippen molar-refractivity contribution in [3.8, 4) is 11.5 Å². The van der Waals surface area contributed by atoms with Gasteiger partial charge < -0.3 is 4.74 Å². The van der Waals surface area contributed by atoms with Crippen molar-refractivity contribution in [3.63, 3.8) is 0 Å². The Bertz CT molecular complexity index is 952. The molecule has 0 fully saturated rings. The summed E-state index contributed by atoms with van der Waals surface area (Å²) in [4.78, 5) is 58.4. The summed E-state index contributed by atoms with van der Waals surface area (Å²) in [5.41, 5.74) is 1.11. The molecule has 0 radical (unpaired) electrons. The summed E-state index contributed by atoms with van der Waals surface area (Å²) in [6.07, 6.45) is 0.973. The number of hydrogen-bond donors (Lipinski definition) is 6. The van der Waals surface area contributed by atoms with E-state index in [1.54, 1.807) is 20.4 Å². The highest BCUT2D eigenvalue weighted by Crippen LogP contribution is 2.62. The van der Waals surface area contributed by atoms with Crippen LogP contribution in [0.5, 0.6) is 11.5 Å². The van der Waals surface area contributed by atoms with Gasteiger partial charge in [-0.25, -0.2) is 4.90 Å². The van der Waals surface area contributed by atoms with Crippen molar-refractivity contribution in [1.82, 2.24) is 9.68 Å². The van der Waals surface area contributed by atoms with Crippen LogP contribution in [-0.4, -0.2) is 72.7 Å². The Labute approximate surface area is 198 Å². The maximum absolute atomic E-state index is 9.84. The highest BCUT2D eigenvalue weighted by Gasteiger charge is 2.50. The molecular formula is C18H27N3O8P3S+3. The Morgan fingerprint density at radius 3 is 2.00 bits per heavy atom. The number of benzene rings is 2. The molecule has 0 saturated heterocycles. The Balaban J connectivity index is 2.06. The SMILES string of the molecule is COc1ccc(/C=N/N(C)[P+](=S)Oc2ccc(C(N(C)C[P+](O)(O)O)[P+](O)(O)O)cc2)cc1. The van der Waals surface area contributed by atoms with E-state index in [9.17, 15) is 29.4 Å². The molecule has 0 aliphatic heterocycles. The third-order valence-corrected chi connectivity index (χ3v) is 8.30. The lowest BCUT2D eigenvalue weighted by Gasteiger charge is -2.26. The summed E-state index contributed by atoms with van der Waals surface area (Å²) in [5, 5.41) is 4.28. The fraction of sp³-hybridized carbons (Fsp3) is 0.278. The quantitative estimate of drug-likeness (QED) is 0.141. The van der Waals surface area contributed by atoms with E-state index in [0.29, 0.717) is 5.75 Å². The zero-order chi connectivity index (χ0) is 24.8. The zero-order valence-corrected chi connectivity index (χ0v) is 21.6. The summed E-state index contributed by atoms with van der Waals surface area (Å²) >= 11 is 5.37. The predicted molar refractivity (Wildman–Crippen MR) is 132 cm³/mol. The van der Waals surface area contributed by atoms with E-state index in [1.165, 1.54) is 36.1 Å². The topological polar surface area (TPSA) is 159 Å². The Hall–Kier alpha value is -1.39. The molecule has 11 nitrogen and oxygen atoms in total. The zero-order valence-electron chi connectivity index (χ0n) is 18.1. The van der Waals surface area contributed by atoms with Gasteiger partial charge in [0.25, 0.3) is 0 Å². The van der Waals surface area contributed by atoms with Crippen LogP contribution in [0.2, 0.25) is 0 Å². The van der Waals surface area contributed by atoms with E-state index in [0.717, 1.165) is 16.2 Å². The smallest absolute Gasteiger partial charge is 0.497 e. The molecule has 2 rings (SSSR count). The number of nitrogens with zero attached hydrogens (tertiary/aromatic N) is 3. The van der Waals surface area contributed by atoms with Gasteiger partial charge in [-0.05, 0) is 61.1 Å². The molecule has 0 amide bonds. The maximum Gasteiger partial charge on any atom is 0.540 e. The first kappa shape index (κ1) is 27.9. The first-order chi connectivity index (χ1) is 15.3. The third-order valence-electron chi connectivity index (χ3n) is 4.25. The first-order valence-electron chi connectivity index (χ1n) is 9.30. The summed E-state index contributed by atoms with van der Waals surface area (Å²) < 4.78 is 12.3. The van der Waals surface area contributed by atoms with Crippen molar-refractivity contribution in [3.05, 3.63) is 59.7 Å². The number of ether oxygens (including phenoxy) is 1. The van der Waals surface area contributed by atoms with E-state index < -0.39 is 35.0 Å². The van der Waals surface area contributed by atoms with Crippen molar-refractivity contribution in [2.75, 3.05) is 27.5 Å². The van der Waals surface area contributed by atoms with E-state index in [2.05, 4.69) is 5.10 Å². The molecule has 0 saturated carbocycles. The highest BCUT2D eigenvalue weighted by atomic mass is 32.4. The van der Waals surface area contributed by atoms with Gasteiger partial charge in [0.05, 0.1) is 20.4 Å². The minimum atomic E-state index is -4.47. The molecule has 0 aliphatic rings. The van der Waals surface area contributed by atoms with Crippen LogP contribution >= 0.6 is 23.0 Å². The van der Waals surface area contributed by atoms with E-state index in [4.69, 9.17) is 21.1 Å². The molecule has 2 unspecified atom stereocenters. The minimum Gasteiger partial charge on any atom is -0.497 e. The van der Waals surface area contributed by atoms with Crippen molar-refractivity contribution >= 4 is 41.0 Å². The number of hydrazone groups is 1. The lowest BCUT2D eigenvalue weighted by molar-refractivity contribution is 0.226. The molecule has 0 spiro atoms. The van der Waals surface area contributed by atoms with E-state index in [1.807, 2.05) is 24.3 Å². The van der Waals surface area contributed by atoms with Crippen molar-refractivity contribution in [1.29, 1.82) is 0 Å². The molecular weight excluding hydrogens is 511 g/mol. The summed E-state index contributed by atoms with van der Waals surface area (Å²) in [6, 6.07) is 13.3. The molecule has 6 N–H and O–H groups in total. The van der Waals surface area contributed by atoms with Crippen molar-refractivity contribution < 1.29 is 38.6 Å². The Kier molecular flexibility index (Phi) is 9.99. The fourth-order valence-corrected chi connectivity index (χ4v) is 5.84. The van der Waals surface area contributed by atoms with Gasteiger partial charge in [0, 0.05) is 5.56 Å².